The first-order valence-corrected chi connectivity index (χ1v) is 13.0. The monoisotopic (exact) mass is 536 g/mol. The van der Waals surface area contributed by atoms with Crippen molar-refractivity contribution in [2.45, 2.75) is 37.8 Å². The van der Waals surface area contributed by atoms with E-state index in [0.717, 1.165) is 17.7 Å². The Morgan fingerprint density at radius 3 is 2.19 bits per heavy atom. The van der Waals surface area contributed by atoms with E-state index in [4.69, 9.17) is 9.47 Å². The number of aryl methyl sites for hydroxylation is 1. The van der Waals surface area contributed by atoms with Crippen molar-refractivity contribution in [3.05, 3.63) is 77.9 Å². The fourth-order valence-electron chi connectivity index (χ4n) is 3.42. The number of amides is 1. The molecule has 7 nitrogen and oxygen atoms in total. The van der Waals surface area contributed by atoms with Crippen LogP contribution in [0.4, 0.5) is 24.5 Å². The molecule has 0 spiro atoms. The Morgan fingerprint density at radius 1 is 0.865 bits per heavy atom. The summed E-state index contributed by atoms with van der Waals surface area (Å²) >= 11 is 0. The Morgan fingerprint density at radius 2 is 1.54 bits per heavy atom. The number of hydrogen-bond donors (Lipinski definition) is 2. The van der Waals surface area contributed by atoms with E-state index >= 15 is 0 Å². The summed E-state index contributed by atoms with van der Waals surface area (Å²) in [5.41, 5.74) is 0.0907. The molecule has 0 atom stereocenters. The van der Waals surface area contributed by atoms with Gasteiger partial charge in [-0.25, -0.2) is 8.42 Å². The fourth-order valence-corrected chi connectivity index (χ4v) is 4.47. The van der Waals surface area contributed by atoms with Gasteiger partial charge in [-0.05, 0) is 80.4 Å². The van der Waals surface area contributed by atoms with Gasteiger partial charge in [0.25, 0.3) is 10.0 Å². The SMILES string of the molecule is CCOc1ccc(CCC(=O)Nc2ccc(S(=O)(=O)Nc3cccc(C(F)(F)F)c3)cc2)cc1OCC. The molecule has 0 unspecified atom stereocenters. The minimum atomic E-state index is -4.60. The van der Waals surface area contributed by atoms with Gasteiger partial charge in [-0.2, -0.15) is 13.2 Å². The number of carbonyl (C=O) groups excluding carboxylic acids is 1. The average molecular weight is 537 g/mol. The molecule has 37 heavy (non-hydrogen) atoms. The highest BCUT2D eigenvalue weighted by atomic mass is 32.2. The van der Waals surface area contributed by atoms with Crippen molar-refractivity contribution in [1.82, 2.24) is 0 Å². The second kappa shape index (κ2) is 12.0. The van der Waals surface area contributed by atoms with E-state index in [1.807, 2.05) is 26.0 Å². The lowest BCUT2D eigenvalue weighted by molar-refractivity contribution is -0.137. The Hall–Kier alpha value is -3.73. The van der Waals surface area contributed by atoms with E-state index in [1.54, 1.807) is 6.07 Å². The van der Waals surface area contributed by atoms with Crippen LogP contribution in [0, 0.1) is 0 Å². The van der Waals surface area contributed by atoms with E-state index < -0.39 is 21.8 Å². The molecule has 0 heterocycles. The normalized spacial score (nSPS) is 11.6. The molecule has 0 aromatic heterocycles. The highest BCUT2D eigenvalue weighted by Crippen LogP contribution is 2.31. The maximum Gasteiger partial charge on any atom is 0.416 e. The van der Waals surface area contributed by atoms with Crippen LogP contribution < -0.4 is 19.5 Å². The van der Waals surface area contributed by atoms with Crippen LogP contribution in [0.1, 0.15) is 31.4 Å². The van der Waals surface area contributed by atoms with Crippen molar-refractivity contribution < 1.29 is 35.9 Å². The number of benzene rings is 3. The van der Waals surface area contributed by atoms with E-state index in [0.29, 0.717) is 42.9 Å². The van der Waals surface area contributed by atoms with Gasteiger partial charge in [-0.3, -0.25) is 9.52 Å². The Balaban J connectivity index is 1.60. The van der Waals surface area contributed by atoms with Crippen molar-refractivity contribution in [1.29, 1.82) is 0 Å². The second-order valence-electron chi connectivity index (χ2n) is 7.90. The topological polar surface area (TPSA) is 93.7 Å². The van der Waals surface area contributed by atoms with Crippen LogP contribution in [0.25, 0.3) is 0 Å². The molecule has 198 valence electrons. The third-order valence-electron chi connectivity index (χ3n) is 5.14. The molecule has 0 radical (unpaired) electrons. The summed E-state index contributed by atoms with van der Waals surface area (Å²) < 4.78 is 77.1. The molecule has 0 bridgehead atoms. The first kappa shape index (κ1) is 27.9. The van der Waals surface area contributed by atoms with Gasteiger partial charge in [0.15, 0.2) is 11.5 Å². The lowest BCUT2D eigenvalue weighted by Gasteiger charge is -2.13. The maximum atomic E-state index is 12.9. The molecule has 3 rings (SSSR count). The number of carbonyl (C=O) groups is 1. The largest absolute Gasteiger partial charge is 0.490 e. The molecule has 0 aliphatic heterocycles. The van der Waals surface area contributed by atoms with Crippen molar-refractivity contribution in [2.24, 2.45) is 0 Å². The minimum Gasteiger partial charge on any atom is -0.490 e. The predicted molar refractivity (Wildman–Crippen MR) is 134 cm³/mol. The van der Waals surface area contributed by atoms with Gasteiger partial charge < -0.3 is 14.8 Å². The lowest BCUT2D eigenvalue weighted by atomic mass is 10.1. The second-order valence-corrected chi connectivity index (χ2v) is 9.59. The summed E-state index contributed by atoms with van der Waals surface area (Å²) in [6.45, 7) is 4.73. The molecule has 1 amide bonds. The number of rotatable bonds is 11. The van der Waals surface area contributed by atoms with Crippen LogP contribution in [0.15, 0.2) is 71.6 Å². The Labute approximate surface area is 213 Å². The van der Waals surface area contributed by atoms with Gasteiger partial charge in [0.2, 0.25) is 5.91 Å². The van der Waals surface area contributed by atoms with Crippen LogP contribution in [-0.2, 0) is 27.4 Å². The third kappa shape index (κ3) is 7.88. The highest BCUT2D eigenvalue weighted by molar-refractivity contribution is 7.92. The summed E-state index contributed by atoms with van der Waals surface area (Å²) in [5.74, 6) is 0.970. The van der Waals surface area contributed by atoms with E-state index in [2.05, 4.69) is 10.0 Å². The van der Waals surface area contributed by atoms with Gasteiger partial charge in [0.05, 0.1) is 23.7 Å². The molecular weight excluding hydrogens is 509 g/mol. The molecule has 11 heteroatoms. The first-order valence-electron chi connectivity index (χ1n) is 11.5. The van der Waals surface area contributed by atoms with Crippen LogP contribution in [0.2, 0.25) is 0 Å². The average Bonchev–Trinajstić information content (AvgIpc) is 2.84. The number of hydrogen-bond acceptors (Lipinski definition) is 5. The number of sulfonamides is 1. The van der Waals surface area contributed by atoms with Gasteiger partial charge in [-0.1, -0.05) is 12.1 Å². The summed E-state index contributed by atoms with van der Waals surface area (Å²) in [4.78, 5) is 12.2. The van der Waals surface area contributed by atoms with Crippen LogP contribution in [-0.4, -0.2) is 27.5 Å². The van der Waals surface area contributed by atoms with E-state index in [9.17, 15) is 26.4 Å². The molecular formula is C26H27F3N2O5S. The fraction of sp³-hybridized carbons (Fsp3) is 0.269. The zero-order chi connectivity index (χ0) is 27.1. The number of anilines is 2. The number of nitrogens with one attached hydrogen (secondary N) is 2. The van der Waals surface area contributed by atoms with Gasteiger partial charge >= 0.3 is 6.18 Å². The van der Waals surface area contributed by atoms with Crippen molar-refractivity contribution in [3.8, 4) is 11.5 Å². The van der Waals surface area contributed by atoms with Crippen molar-refractivity contribution in [2.75, 3.05) is 23.3 Å². The smallest absolute Gasteiger partial charge is 0.416 e. The predicted octanol–water partition coefficient (Wildman–Crippen LogP) is 5.87. The maximum absolute atomic E-state index is 12.9. The van der Waals surface area contributed by atoms with Crippen LogP contribution in [0.3, 0.4) is 0 Å². The Kier molecular flexibility index (Phi) is 9.04. The summed E-state index contributed by atoms with van der Waals surface area (Å²) in [7, 11) is -4.14. The summed E-state index contributed by atoms with van der Waals surface area (Å²) in [6.07, 6.45) is -3.97. The molecule has 0 fully saturated rings. The van der Waals surface area contributed by atoms with Gasteiger partial charge in [0, 0.05) is 17.8 Å². The highest BCUT2D eigenvalue weighted by Gasteiger charge is 2.30. The van der Waals surface area contributed by atoms with Gasteiger partial charge in [-0.15, -0.1) is 0 Å². The third-order valence-corrected chi connectivity index (χ3v) is 6.54. The molecule has 0 aliphatic carbocycles. The first-order chi connectivity index (χ1) is 17.5. The number of alkyl halides is 3. The standard InChI is InChI=1S/C26H27F3N2O5S/c1-3-35-23-14-8-18(16-24(23)36-4-2)9-15-25(32)30-20-10-12-22(13-11-20)37(33,34)31-21-7-5-6-19(17-21)26(27,28)29/h5-8,10-14,16-17,31H,3-4,9,15H2,1-2H3,(H,30,32). The lowest BCUT2D eigenvalue weighted by Crippen LogP contribution is -2.15. The van der Waals surface area contributed by atoms with Crippen LogP contribution in [0.5, 0.6) is 11.5 Å². The quantitative estimate of drug-likeness (QED) is 0.320. The summed E-state index contributed by atoms with van der Waals surface area (Å²) in [6, 6.07) is 14.7. The van der Waals surface area contributed by atoms with Crippen molar-refractivity contribution in [3.63, 3.8) is 0 Å². The molecule has 3 aromatic carbocycles. The minimum absolute atomic E-state index is 0.166. The van der Waals surface area contributed by atoms with E-state index in [1.165, 1.54) is 30.3 Å². The molecule has 0 saturated heterocycles. The number of ether oxygens (including phenoxy) is 2. The zero-order valence-electron chi connectivity index (χ0n) is 20.3. The Bertz CT molecular complexity index is 1330. The molecule has 0 saturated carbocycles. The van der Waals surface area contributed by atoms with E-state index in [-0.39, 0.29) is 22.9 Å². The molecule has 2 N–H and O–H groups in total. The molecule has 0 aliphatic rings. The van der Waals surface area contributed by atoms with Gasteiger partial charge in [0.1, 0.15) is 0 Å². The zero-order valence-corrected chi connectivity index (χ0v) is 21.1. The van der Waals surface area contributed by atoms with Crippen molar-refractivity contribution >= 4 is 27.3 Å². The number of halogens is 3. The molecule has 3 aromatic rings. The summed E-state index contributed by atoms with van der Waals surface area (Å²) in [5, 5.41) is 2.70. The van der Waals surface area contributed by atoms with Crippen LogP contribution >= 0.6 is 0 Å².